The highest BCUT2D eigenvalue weighted by Crippen LogP contribution is 2.47. The van der Waals surface area contributed by atoms with Crippen molar-refractivity contribution >= 4 is 15.4 Å². The van der Waals surface area contributed by atoms with Crippen LogP contribution in [0, 0.1) is 17.1 Å². The molecule has 0 spiro atoms. The predicted octanol–water partition coefficient (Wildman–Crippen LogP) is 3.34. The van der Waals surface area contributed by atoms with Crippen molar-refractivity contribution in [3.05, 3.63) is 59.4 Å². The Morgan fingerprint density at radius 3 is 2.72 bits per heavy atom. The van der Waals surface area contributed by atoms with Crippen LogP contribution < -0.4 is 4.74 Å². The summed E-state index contributed by atoms with van der Waals surface area (Å²) in [5.41, 5.74) is 1.22. The molecule has 1 N–H and O–H groups in total. The normalized spacial score (nSPS) is 16.4. The zero-order valence-corrected chi connectivity index (χ0v) is 14.1. The molecule has 0 bridgehead atoms. The quantitative estimate of drug-likeness (QED) is 0.908. The van der Waals surface area contributed by atoms with Crippen LogP contribution in [0.1, 0.15) is 29.2 Å². The predicted molar refractivity (Wildman–Crippen MR) is 89.4 cm³/mol. The first-order valence-electron chi connectivity index (χ1n) is 7.32. The summed E-state index contributed by atoms with van der Waals surface area (Å²) in [4.78, 5) is 0.0633. The zero-order chi connectivity index (χ0) is 18.4. The molecule has 1 aliphatic carbocycles. The lowest BCUT2D eigenvalue weighted by molar-refractivity contribution is 0.187. The number of fused-ring (bicyclic) bond motifs is 1. The van der Waals surface area contributed by atoms with E-state index in [0.717, 1.165) is 18.4 Å². The van der Waals surface area contributed by atoms with E-state index in [0.29, 0.717) is 16.7 Å². The summed E-state index contributed by atoms with van der Waals surface area (Å²) in [6, 6.07) is 8.14. The highest BCUT2D eigenvalue weighted by atomic mass is 32.2. The molecule has 2 aromatic rings. The fraction of sp³-hybridized carbons (Fsp3) is 0.167. The van der Waals surface area contributed by atoms with E-state index in [2.05, 4.69) is 6.58 Å². The average Bonchev–Trinajstić information content (AvgIpc) is 2.81. The third kappa shape index (κ3) is 3.14. The highest BCUT2D eigenvalue weighted by Gasteiger charge is 2.32. The van der Waals surface area contributed by atoms with Crippen molar-refractivity contribution in [3.63, 3.8) is 0 Å². The Morgan fingerprint density at radius 2 is 2.08 bits per heavy atom. The van der Waals surface area contributed by atoms with Crippen LogP contribution in [0.15, 0.2) is 41.8 Å². The fourth-order valence-corrected chi connectivity index (χ4v) is 3.86. The Hall–Kier alpha value is -2.69. The van der Waals surface area contributed by atoms with Gasteiger partial charge in [0.25, 0.3) is 0 Å². The minimum atomic E-state index is -3.52. The van der Waals surface area contributed by atoms with E-state index < -0.39 is 21.8 Å². The van der Waals surface area contributed by atoms with Gasteiger partial charge in [-0.25, -0.2) is 12.8 Å². The van der Waals surface area contributed by atoms with Gasteiger partial charge < -0.3 is 9.84 Å². The molecule has 0 aliphatic heterocycles. The SMILES string of the molecule is C=C1C[C@@H](O)c2c(Oc3cc(F)cc(C#N)c3)ccc(S(C)(=O)=O)c21. The van der Waals surface area contributed by atoms with Crippen molar-refractivity contribution in [1.29, 1.82) is 5.26 Å². The van der Waals surface area contributed by atoms with Gasteiger partial charge in [-0.3, -0.25) is 0 Å². The number of hydrogen-bond donors (Lipinski definition) is 1. The minimum Gasteiger partial charge on any atom is -0.457 e. The third-order valence-corrected chi connectivity index (χ3v) is 5.06. The van der Waals surface area contributed by atoms with E-state index in [-0.39, 0.29) is 28.4 Å². The lowest BCUT2D eigenvalue weighted by Crippen LogP contribution is -2.04. The van der Waals surface area contributed by atoms with Crippen molar-refractivity contribution in [2.24, 2.45) is 0 Å². The number of hydrogen-bond acceptors (Lipinski definition) is 5. The minimum absolute atomic E-state index is 0.0633. The van der Waals surface area contributed by atoms with Crippen LogP contribution in [0.2, 0.25) is 0 Å². The van der Waals surface area contributed by atoms with Gasteiger partial charge in [-0.15, -0.1) is 0 Å². The smallest absolute Gasteiger partial charge is 0.176 e. The molecule has 3 rings (SSSR count). The number of halogens is 1. The number of aliphatic hydroxyl groups excluding tert-OH is 1. The van der Waals surface area contributed by atoms with Crippen LogP contribution in [0.25, 0.3) is 5.57 Å². The van der Waals surface area contributed by atoms with E-state index in [1.54, 1.807) is 0 Å². The lowest BCUT2D eigenvalue weighted by Gasteiger charge is -2.15. The molecule has 0 amide bonds. The van der Waals surface area contributed by atoms with Crippen LogP contribution in [0.4, 0.5) is 4.39 Å². The van der Waals surface area contributed by atoms with Gasteiger partial charge in [0.1, 0.15) is 17.3 Å². The van der Waals surface area contributed by atoms with E-state index in [4.69, 9.17) is 10.00 Å². The molecule has 2 aromatic carbocycles. The summed E-state index contributed by atoms with van der Waals surface area (Å²) in [6.45, 7) is 3.83. The van der Waals surface area contributed by atoms with E-state index >= 15 is 0 Å². The maximum absolute atomic E-state index is 13.6. The summed E-state index contributed by atoms with van der Waals surface area (Å²) < 4.78 is 43.2. The Bertz CT molecular complexity index is 1040. The number of ether oxygens (including phenoxy) is 1. The van der Waals surface area contributed by atoms with Crippen molar-refractivity contribution < 1.29 is 22.7 Å². The number of benzene rings is 2. The van der Waals surface area contributed by atoms with Crippen LogP contribution in [0.5, 0.6) is 11.5 Å². The van der Waals surface area contributed by atoms with Crippen LogP contribution in [0.3, 0.4) is 0 Å². The highest BCUT2D eigenvalue weighted by molar-refractivity contribution is 7.90. The van der Waals surface area contributed by atoms with Gasteiger partial charge in [-0.1, -0.05) is 6.58 Å². The maximum Gasteiger partial charge on any atom is 0.176 e. The van der Waals surface area contributed by atoms with E-state index in [9.17, 15) is 17.9 Å². The second kappa shape index (κ2) is 5.99. The molecule has 0 saturated heterocycles. The van der Waals surface area contributed by atoms with Crippen molar-refractivity contribution in [2.75, 3.05) is 6.26 Å². The van der Waals surface area contributed by atoms with E-state index in [1.165, 1.54) is 18.2 Å². The molecule has 128 valence electrons. The Kier molecular flexibility index (Phi) is 4.11. The third-order valence-electron chi connectivity index (χ3n) is 3.92. The van der Waals surface area contributed by atoms with Crippen molar-refractivity contribution in [2.45, 2.75) is 17.4 Å². The molecule has 5 nitrogen and oxygen atoms in total. The second-order valence-corrected chi connectivity index (χ2v) is 7.82. The van der Waals surface area contributed by atoms with Crippen LogP contribution in [-0.4, -0.2) is 19.8 Å². The molecule has 1 atom stereocenters. The first-order valence-corrected chi connectivity index (χ1v) is 9.21. The molecule has 25 heavy (non-hydrogen) atoms. The van der Waals surface area contributed by atoms with Gasteiger partial charge >= 0.3 is 0 Å². The maximum atomic E-state index is 13.6. The van der Waals surface area contributed by atoms with Crippen molar-refractivity contribution in [3.8, 4) is 17.6 Å². The van der Waals surface area contributed by atoms with Gasteiger partial charge in [0.2, 0.25) is 0 Å². The Morgan fingerprint density at radius 1 is 1.36 bits per heavy atom. The average molecular weight is 359 g/mol. The number of aliphatic hydroxyl groups is 1. The molecule has 0 unspecified atom stereocenters. The summed E-state index contributed by atoms with van der Waals surface area (Å²) in [7, 11) is -3.52. The molecular formula is C18H14FNO4S. The van der Waals surface area contributed by atoms with Gasteiger partial charge in [0.05, 0.1) is 22.6 Å². The lowest BCUT2D eigenvalue weighted by atomic mass is 10.1. The molecule has 0 radical (unpaired) electrons. The zero-order valence-electron chi connectivity index (χ0n) is 13.3. The number of nitriles is 1. The summed E-state index contributed by atoms with van der Waals surface area (Å²) in [5.74, 6) is -0.359. The van der Waals surface area contributed by atoms with Gasteiger partial charge in [0, 0.05) is 29.9 Å². The van der Waals surface area contributed by atoms with Gasteiger partial charge in [-0.05, 0) is 29.8 Å². The number of rotatable bonds is 3. The van der Waals surface area contributed by atoms with Crippen LogP contribution >= 0.6 is 0 Å². The molecular weight excluding hydrogens is 345 g/mol. The summed E-state index contributed by atoms with van der Waals surface area (Å²) >= 11 is 0. The van der Waals surface area contributed by atoms with Crippen molar-refractivity contribution in [1.82, 2.24) is 0 Å². The topological polar surface area (TPSA) is 87.4 Å². The summed E-state index contributed by atoms with van der Waals surface area (Å²) in [5, 5.41) is 19.2. The summed E-state index contributed by atoms with van der Waals surface area (Å²) in [6.07, 6.45) is 0.292. The van der Waals surface area contributed by atoms with Gasteiger partial charge in [-0.2, -0.15) is 5.26 Å². The molecule has 1 aliphatic rings. The largest absolute Gasteiger partial charge is 0.457 e. The Labute approximate surface area is 144 Å². The monoisotopic (exact) mass is 359 g/mol. The van der Waals surface area contributed by atoms with Gasteiger partial charge in [0.15, 0.2) is 9.84 Å². The van der Waals surface area contributed by atoms with Crippen LogP contribution in [-0.2, 0) is 9.84 Å². The number of sulfone groups is 1. The first kappa shape index (κ1) is 17.1. The number of nitrogens with zero attached hydrogens (tertiary/aromatic N) is 1. The molecule has 0 aromatic heterocycles. The molecule has 0 fully saturated rings. The molecule has 0 heterocycles. The fourth-order valence-electron chi connectivity index (χ4n) is 2.92. The first-order chi connectivity index (χ1) is 11.7. The molecule has 7 heteroatoms. The Balaban J connectivity index is 2.15. The molecule has 0 saturated carbocycles. The standard InChI is InChI=1S/C18H14FNO4S/c1-10-5-14(21)18-15(3-4-16(17(10)18)25(2,22)23)24-13-7-11(9-20)6-12(19)8-13/h3-4,6-8,14,21H,1,5H2,2H3/t14-/m1/s1. The van der Waals surface area contributed by atoms with E-state index in [1.807, 2.05) is 6.07 Å². The second-order valence-electron chi connectivity index (χ2n) is 5.84.